The molecule has 4 nitrogen and oxygen atoms in total. The van der Waals surface area contributed by atoms with Crippen LogP contribution in [0.4, 0.5) is 0 Å². The molecule has 1 atom stereocenters. The third kappa shape index (κ3) is 1.28. The van der Waals surface area contributed by atoms with Gasteiger partial charge in [0.05, 0.1) is 18.2 Å². The number of aromatic nitrogens is 3. The molecular formula is C10H13N3O. The van der Waals surface area contributed by atoms with Crippen molar-refractivity contribution in [2.24, 2.45) is 0 Å². The predicted octanol–water partition coefficient (Wildman–Crippen LogP) is 1.29. The molecule has 1 aromatic carbocycles. The number of rotatable bonds is 2. The quantitative estimate of drug-likeness (QED) is 0.778. The molecule has 0 fully saturated rings. The molecule has 1 unspecified atom stereocenters. The zero-order chi connectivity index (χ0) is 10.1. The maximum Gasteiger partial charge on any atom is 0.113 e. The van der Waals surface area contributed by atoms with E-state index < -0.39 is 0 Å². The van der Waals surface area contributed by atoms with Crippen LogP contribution < -0.4 is 0 Å². The highest BCUT2D eigenvalue weighted by Crippen LogP contribution is 2.18. The molecule has 0 bridgehead atoms. The van der Waals surface area contributed by atoms with Gasteiger partial charge in [-0.3, -0.25) is 0 Å². The topological polar surface area (TPSA) is 50.9 Å². The third-order valence-electron chi connectivity index (χ3n) is 2.38. The minimum absolute atomic E-state index is 0.0268. The summed E-state index contributed by atoms with van der Waals surface area (Å²) in [5, 5.41) is 17.2. The lowest BCUT2D eigenvalue weighted by atomic mass is 10.2. The molecule has 0 radical (unpaired) electrons. The lowest BCUT2D eigenvalue weighted by molar-refractivity contribution is 0.231. The number of aliphatic hydroxyl groups is 1. The number of para-hydroxylation sites is 1. The number of hydrogen-bond donors (Lipinski definition) is 1. The summed E-state index contributed by atoms with van der Waals surface area (Å²) < 4.78 is 1.77. The van der Waals surface area contributed by atoms with E-state index in [1.165, 1.54) is 0 Å². The van der Waals surface area contributed by atoms with E-state index in [1.54, 1.807) is 4.68 Å². The van der Waals surface area contributed by atoms with Gasteiger partial charge >= 0.3 is 0 Å². The minimum Gasteiger partial charge on any atom is -0.394 e. The second-order valence-electron chi connectivity index (χ2n) is 3.51. The van der Waals surface area contributed by atoms with Gasteiger partial charge < -0.3 is 5.11 Å². The Kier molecular flexibility index (Phi) is 2.21. The molecule has 1 N–H and O–H groups in total. The summed E-state index contributed by atoms with van der Waals surface area (Å²) in [5.74, 6) is 0. The van der Waals surface area contributed by atoms with Crippen LogP contribution in [0.2, 0.25) is 0 Å². The molecule has 0 aliphatic heterocycles. The molecule has 0 spiro atoms. The molecule has 2 aromatic rings. The molecule has 0 aliphatic rings. The maximum absolute atomic E-state index is 9.07. The molecule has 2 rings (SSSR count). The second-order valence-corrected chi connectivity index (χ2v) is 3.51. The largest absolute Gasteiger partial charge is 0.394 e. The smallest absolute Gasteiger partial charge is 0.113 e. The van der Waals surface area contributed by atoms with E-state index in [1.807, 2.05) is 32.0 Å². The number of nitrogens with zero attached hydrogens (tertiary/aromatic N) is 3. The number of fused-ring (bicyclic) bond motifs is 1. The third-order valence-corrected chi connectivity index (χ3v) is 2.38. The summed E-state index contributed by atoms with van der Waals surface area (Å²) in [6.07, 6.45) is 0. The Hall–Kier alpha value is -1.42. The number of hydrogen-bond acceptors (Lipinski definition) is 3. The van der Waals surface area contributed by atoms with Crippen LogP contribution in [0.5, 0.6) is 0 Å². The molecule has 14 heavy (non-hydrogen) atoms. The van der Waals surface area contributed by atoms with E-state index in [2.05, 4.69) is 10.3 Å². The Morgan fingerprint density at radius 2 is 2.29 bits per heavy atom. The monoisotopic (exact) mass is 191 g/mol. The minimum atomic E-state index is -0.0268. The van der Waals surface area contributed by atoms with Gasteiger partial charge in [-0.15, -0.1) is 5.10 Å². The van der Waals surface area contributed by atoms with Crippen LogP contribution in [0.1, 0.15) is 18.5 Å². The number of aliphatic hydroxyl groups excluding tert-OH is 1. The van der Waals surface area contributed by atoms with Crippen LogP contribution in [-0.4, -0.2) is 26.7 Å². The first-order valence-electron chi connectivity index (χ1n) is 4.65. The molecular weight excluding hydrogens is 178 g/mol. The van der Waals surface area contributed by atoms with E-state index in [9.17, 15) is 0 Å². The van der Waals surface area contributed by atoms with Crippen molar-refractivity contribution in [3.63, 3.8) is 0 Å². The average molecular weight is 191 g/mol. The van der Waals surface area contributed by atoms with Crippen LogP contribution in [-0.2, 0) is 0 Å². The zero-order valence-corrected chi connectivity index (χ0v) is 8.31. The summed E-state index contributed by atoms with van der Waals surface area (Å²) in [6, 6.07) is 5.88. The highest BCUT2D eigenvalue weighted by molar-refractivity contribution is 5.77. The van der Waals surface area contributed by atoms with Crippen LogP contribution in [0.3, 0.4) is 0 Å². The van der Waals surface area contributed by atoms with Crippen molar-refractivity contribution in [3.8, 4) is 0 Å². The van der Waals surface area contributed by atoms with Gasteiger partial charge in [-0.2, -0.15) is 0 Å². The second kappa shape index (κ2) is 3.38. The lowest BCUT2D eigenvalue weighted by Crippen LogP contribution is -2.11. The van der Waals surface area contributed by atoms with E-state index in [-0.39, 0.29) is 12.6 Å². The SMILES string of the molecule is Cc1cccc2nnn(C(C)CO)c12. The molecule has 1 heterocycles. The van der Waals surface area contributed by atoms with Crippen molar-refractivity contribution in [2.75, 3.05) is 6.61 Å². The predicted molar refractivity (Wildman–Crippen MR) is 54.1 cm³/mol. The summed E-state index contributed by atoms with van der Waals surface area (Å²) in [6.45, 7) is 4.01. The first-order valence-corrected chi connectivity index (χ1v) is 4.65. The molecule has 74 valence electrons. The van der Waals surface area contributed by atoms with Crippen LogP contribution >= 0.6 is 0 Å². The van der Waals surface area contributed by atoms with Gasteiger partial charge in [0.1, 0.15) is 5.52 Å². The summed E-state index contributed by atoms with van der Waals surface area (Å²) in [5.41, 5.74) is 3.02. The maximum atomic E-state index is 9.07. The van der Waals surface area contributed by atoms with Gasteiger partial charge in [0.25, 0.3) is 0 Å². The standard InChI is InChI=1S/C10H13N3O/c1-7-4-3-5-9-10(7)13(12-11-9)8(2)6-14/h3-5,8,14H,6H2,1-2H3. The Morgan fingerprint density at radius 1 is 1.50 bits per heavy atom. The van der Waals surface area contributed by atoms with E-state index >= 15 is 0 Å². The first kappa shape index (κ1) is 9.15. The first-order chi connectivity index (χ1) is 6.74. The highest BCUT2D eigenvalue weighted by Gasteiger charge is 2.11. The Morgan fingerprint density at radius 3 is 3.00 bits per heavy atom. The van der Waals surface area contributed by atoms with Crippen molar-refractivity contribution in [2.45, 2.75) is 19.9 Å². The number of benzene rings is 1. The summed E-state index contributed by atoms with van der Waals surface area (Å²) in [7, 11) is 0. The summed E-state index contributed by atoms with van der Waals surface area (Å²) >= 11 is 0. The molecule has 0 amide bonds. The Labute approximate surface area is 82.2 Å². The lowest BCUT2D eigenvalue weighted by Gasteiger charge is -2.09. The fourth-order valence-corrected chi connectivity index (χ4v) is 1.55. The van der Waals surface area contributed by atoms with Gasteiger partial charge in [0, 0.05) is 0 Å². The van der Waals surface area contributed by atoms with Crippen molar-refractivity contribution >= 4 is 11.0 Å². The molecule has 1 aromatic heterocycles. The molecule has 0 saturated heterocycles. The highest BCUT2D eigenvalue weighted by atomic mass is 16.3. The fourth-order valence-electron chi connectivity index (χ4n) is 1.55. The van der Waals surface area contributed by atoms with Crippen molar-refractivity contribution in [1.82, 2.24) is 15.0 Å². The van der Waals surface area contributed by atoms with Crippen molar-refractivity contribution in [3.05, 3.63) is 23.8 Å². The van der Waals surface area contributed by atoms with Gasteiger partial charge in [0.15, 0.2) is 0 Å². The van der Waals surface area contributed by atoms with Gasteiger partial charge in [0.2, 0.25) is 0 Å². The Bertz CT molecular complexity index is 450. The Balaban J connectivity index is 2.67. The van der Waals surface area contributed by atoms with E-state index in [0.29, 0.717) is 0 Å². The normalized spacial score (nSPS) is 13.4. The fraction of sp³-hybridized carbons (Fsp3) is 0.400. The zero-order valence-electron chi connectivity index (χ0n) is 8.31. The number of aryl methyl sites for hydroxylation is 1. The van der Waals surface area contributed by atoms with Crippen LogP contribution in [0, 0.1) is 6.92 Å². The van der Waals surface area contributed by atoms with E-state index in [4.69, 9.17) is 5.11 Å². The van der Waals surface area contributed by atoms with Gasteiger partial charge in [-0.05, 0) is 25.5 Å². The molecule has 0 aliphatic carbocycles. The van der Waals surface area contributed by atoms with E-state index in [0.717, 1.165) is 16.6 Å². The average Bonchev–Trinajstić information content (AvgIpc) is 2.62. The molecule has 4 heteroatoms. The van der Waals surface area contributed by atoms with Crippen molar-refractivity contribution < 1.29 is 5.11 Å². The van der Waals surface area contributed by atoms with Gasteiger partial charge in [-0.25, -0.2) is 4.68 Å². The summed E-state index contributed by atoms with van der Waals surface area (Å²) in [4.78, 5) is 0. The van der Waals surface area contributed by atoms with Crippen LogP contribution in [0.25, 0.3) is 11.0 Å². The van der Waals surface area contributed by atoms with Gasteiger partial charge in [-0.1, -0.05) is 17.3 Å². The van der Waals surface area contributed by atoms with Crippen LogP contribution in [0.15, 0.2) is 18.2 Å². The molecule has 0 saturated carbocycles. The van der Waals surface area contributed by atoms with Crippen molar-refractivity contribution in [1.29, 1.82) is 0 Å².